The van der Waals surface area contributed by atoms with Gasteiger partial charge in [0, 0.05) is 18.0 Å². The molecule has 1 fully saturated rings. The van der Waals surface area contributed by atoms with E-state index >= 15 is 0 Å². The van der Waals surface area contributed by atoms with Crippen LogP contribution in [0.1, 0.15) is 31.9 Å². The third-order valence-corrected chi connectivity index (χ3v) is 3.54. The van der Waals surface area contributed by atoms with Crippen LogP contribution in [0.4, 0.5) is 0 Å². The molecule has 1 aliphatic heterocycles. The molecule has 84 valence electrons. The van der Waals surface area contributed by atoms with Gasteiger partial charge in [0.15, 0.2) is 0 Å². The maximum absolute atomic E-state index is 9.70. The number of nitrogens with zero attached hydrogens (tertiary/aromatic N) is 3. The van der Waals surface area contributed by atoms with Gasteiger partial charge in [-0.15, -0.1) is 5.10 Å². The number of likely N-dealkylation sites (tertiary alicyclic amines) is 1. The van der Waals surface area contributed by atoms with Gasteiger partial charge in [0.05, 0.1) is 11.8 Å². The van der Waals surface area contributed by atoms with E-state index in [1.165, 1.54) is 24.4 Å². The molecule has 4 nitrogen and oxygen atoms in total. The van der Waals surface area contributed by atoms with Crippen LogP contribution in [0.2, 0.25) is 0 Å². The first-order valence-electron chi connectivity index (χ1n) is 5.45. The average Bonchev–Trinajstić information content (AvgIpc) is 2.71. The van der Waals surface area contributed by atoms with Crippen LogP contribution in [0.25, 0.3) is 0 Å². The van der Waals surface area contributed by atoms with Gasteiger partial charge < -0.3 is 5.11 Å². The molecule has 1 aromatic heterocycles. The fourth-order valence-corrected chi connectivity index (χ4v) is 2.66. The van der Waals surface area contributed by atoms with E-state index in [1.54, 1.807) is 0 Å². The van der Waals surface area contributed by atoms with Gasteiger partial charge in [-0.2, -0.15) is 0 Å². The first kappa shape index (κ1) is 11.0. The van der Waals surface area contributed by atoms with Crippen LogP contribution >= 0.6 is 11.5 Å². The number of rotatable bonds is 3. The summed E-state index contributed by atoms with van der Waals surface area (Å²) in [6.45, 7) is 3.77. The van der Waals surface area contributed by atoms with Crippen molar-refractivity contribution in [2.45, 2.75) is 44.9 Å². The Morgan fingerprint density at radius 2 is 2.53 bits per heavy atom. The molecule has 1 aliphatic rings. The highest BCUT2D eigenvalue weighted by molar-refractivity contribution is 7.03. The first-order valence-corrected chi connectivity index (χ1v) is 6.29. The molecule has 0 bridgehead atoms. The van der Waals surface area contributed by atoms with Gasteiger partial charge in [-0.05, 0) is 37.8 Å². The van der Waals surface area contributed by atoms with Crippen molar-refractivity contribution in [3.8, 4) is 0 Å². The van der Waals surface area contributed by atoms with E-state index in [2.05, 4.69) is 14.5 Å². The molecular weight excluding hydrogens is 210 g/mol. The zero-order valence-electron chi connectivity index (χ0n) is 8.96. The van der Waals surface area contributed by atoms with E-state index in [1.807, 2.05) is 12.3 Å². The summed E-state index contributed by atoms with van der Waals surface area (Å²) in [5.41, 5.74) is 1.02. The second-order valence-electron chi connectivity index (χ2n) is 4.17. The highest BCUT2D eigenvalue weighted by atomic mass is 32.1. The molecule has 0 amide bonds. The maximum Gasteiger partial charge on any atom is 0.0895 e. The van der Waals surface area contributed by atoms with Crippen molar-refractivity contribution in [2.24, 2.45) is 0 Å². The molecule has 2 unspecified atom stereocenters. The third-order valence-electron chi connectivity index (χ3n) is 2.99. The molecule has 1 aromatic rings. The van der Waals surface area contributed by atoms with Gasteiger partial charge in [-0.25, -0.2) is 0 Å². The lowest BCUT2D eigenvalue weighted by molar-refractivity contribution is 0.0310. The van der Waals surface area contributed by atoms with E-state index in [0.717, 1.165) is 25.2 Å². The number of aromatic nitrogens is 2. The lowest BCUT2D eigenvalue weighted by Crippen LogP contribution is -2.45. The lowest BCUT2D eigenvalue weighted by atomic mass is 9.98. The van der Waals surface area contributed by atoms with Gasteiger partial charge in [-0.3, -0.25) is 4.90 Å². The van der Waals surface area contributed by atoms with E-state index in [-0.39, 0.29) is 6.10 Å². The second kappa shape index (κ2) is 5.01. The Balaban J connectivity index is 1.99. The van der Waals surface area contributed by atoms with Gasteiger partial charge in [0.25, 0.3) is 0 Å². The summed E-state index contributed by atoms with van der Waals surface area (Å²) in [5.74, 6) is 0. The zero-order valence-corrected chi connectivity index (χ0v) is 9.78. The predicted molar refractivity (Wildman–Crippen MR) is 59.6 cm³/mol. The summed E-state index contributed by atoms with van der Waals surface area (Å²) in [5, 5.41) is 15.7. The van der Waals surface area contributed by atoms with E-state index in [9.17, 15) is 5.11 Å². The molecule has 5 heteroatoms. The summed E-state index contributed by atoms with van der Waals surface area (Å²) in [6, 6.07) is 0.292. The quantitative estimate of drug-likeness (QED) is 0.845. The number of hydrogen-bond donors (Lipinski definition) is 1. The van der Waals surface area contributed by atoms with E-state index < -0.39 is 0 Å². The highest BCUT2D eigenvalue weighted by Crippen LogP contribution is 2.21. The smallest absolute Gasteiger partial charge is 0.0895 e. The third kappa shape index (κ3) is 2.74. The van der Waals surface area contributed by atoms with Crippen molar-refractivity contribution in [2.75, 3.05) is 6.54 Å². The maximum atomic E-state index is 9.70. The largest absolute Gasteiger partial charge is 0.392 e. The fourth-order valence-electron chi connectivity index (χ4n) is 2.22. The van der Waals surface area contributed by atoms with Crippen molar-refractivity contribution in [1.82, 2.24) is 14.5 Å². The Morgan fingerprint density at radius 1 is 1.67 bits per heavy atom. The zero-order chi connectivity index (χ0) is 10.7. The van der Waals surface area contributed by atoms with Crippen LogP contribution in [0.15, 0.2) is 5.38 Å². The minimum atomic E-state index is -0.253. The molecule has 15 heavy (non-hydrogen) atoms. The fraction of sp³-hybridized carbons (Fsp3) is 0.800. The Kier molecular flexibility index (Phi) is 3.66. The Hall–Kier alpha value is -0.520. The predicted octanol–water partition coefficient (Wildman–Crippen LogP) is 1.27. The van der Waals surface area contributed by atoms with Crippen molar-refractivity contribution in [1.29, 1.82) is 0 Å². The van der Waals surface area contributed by atoms with E-state index in [4.69, 9.17) is 0 Å². The van der Waals surface area contributed by atoms with Crippen molar-refractivity contribution >= 4 is 11.5 Å². The summed E-state index contributed by atoms with van der Waals surface area (Å²) < 4.78 is 3.86. The number of hydrogen-bond acceptors (Lipinski definition) is 5. The highest BCUT2D eigenvalue weighted by Gasteiger charge is 2.26. The second-order valence-corrected chi connectivity index (χ2v) is 4.78. The van der Waals surface area contributed by atoms with E-state index in [0.29, 0.717) is 6.04 Å². The molecule has 0 spiro atoms. The normalized spacial score (nSPS) is 25.3. The van der Waals surface area contributed by atoms with Crippen LogP contribution in [-0.4, -0.2) is 38.3 Å². The topological polar surface area (TPSA) is 49.2 Å². The molecule has 2 rings (SSSR count). The molecule has 0 saturated carbocycles. The Bertz CT molecular complexity index is 289. The van der Waals surface area contributed by atoms with Gasteiger partial charge in [0.2, 0.25) is 0 Å². The van der Waals surface area contributed by atoms with Crippen LogP contribution in [-0.2, 0) is 6.54 Å². The van der Waals surface area contributed by atoms with Crippen LogP contribution in [0, 0.1) is 0 Å². The monoisotopic (exact) mass is 227 g/mol. The average molecular weight is 227 g/mol. The van der Waals surface area contributed by atoms with Crippen LogP contribution in [0.5, 0.6) is 0 Å². The number of aliphatic hydroxyl groups excluding tert-OH is 1. The van der Waals surface area contributed by atoms with Crippen LogP contribution < -0.4 is 0 Å². The van der Waals surface area contributed by atoms with Crippen molar-refractivity contribution < 1.29 is 5.11 Å². The van der Waals surface area contributed by atoms with Crippen molar-refractivity contribution in [3.63, 3.8) is 0 Å². The Morgan fingerprint density at radius 3 is 3.20 bits per heavy atom. The van der Waals surface area contributed by atoms with Gasteiger partial charge in [-0.1, -0.05) is 10.9 Å². The summed E-state index contributed by atoms with van der Waals surface area (Å²) in [7, 11) is 0. The summed E-state index contributed by atoms with van der Waals surface area (Å²) in [4.78, 5) is 2.32. The summed E-state index contributed by atoms with van der Waals surface area (Å²) in [6.07, 6.45) is 3.29. The lowest BCUT2D eigenvalue weighted by Gasteiger charge is -2.36. The van der Waals surface area contributed by atoms with Gasteiger partial charge in [0.1, 0.15) is 0 Å². The SMILES string of the molecule is CC(O)C1CCCCN1Cc1csnn1. The van der Waals surface area contributed by atoms with Crippen molar-refractivity contribution in [3.05, 3.63) is 11.1 Å². The molecule has 0 aromatic carbocycles. The minimum Gasteiger partial charge on any atom is -0.392 e. The molecule has 2 atom stereocenters. The molecule has 1 saturated heterocycles. The summed E-state index contributed by atoms with van der Waals surface area (Å²) >= 11 is 1.39. The molecule has 2 heterocycles. The van der Waals surface area contributed by atoms with Gasteiger partial charge >= 0.3 is 0 Å². The molecular formula is C10H17N3OS. The standard InChI is InChI=1S/C10H17N3OS/c1-8(14)10-4-2-3-5-13(10)6-9-7-15-12-11-9/h7-8,10,14H,2-6H2,1H3. The number of piperidine rings is 1. The number of aliphatic hydroxyl groups is 1. The van der Waals surface area contributed by atoms with Crippen LogP contribution in [0.3, 0.4) is 0 Å². The molecule has 0 radical (unpaired) electrons. The first-order chi connectivity index (χ1) is 7.27. The minimum absolute atomic E-state index is 0.253. The molecule has 0 aliphatic carbocycles. The molecule has 1 N–H and O–H groups in total. The Labute approximate surface area is 94.1 Å².